The Balaban J connectivity index is 1.55. The Morgan fingerprint density at radius 1 is 1.02 bits per heavy atom. The van der Waals surface area contributed by atoms with Gasteiger partial charge in [-0.25, -0.2) is 4.98 Å². The molecular formula is C32H37N3O5S. The van der Waals surface area contributed by atoms with Crippen molar-refractivity contribution in [1.29, 1.82) is 0 Å². The van der Waals surface area contributed by atoms with Gasteiger partial charge in [0.05, 0.1) is 32.5 Å². The molecule has 0 radical (unpaired) electrons. The molecule has 8 nitrogen and oxygen atoms in total. The first-order valence-electron chi connectivity index (χ1n) is 14.0. The molecule has 5 rings (SSSR count). The van der Waals surface area contributed by atoms with Crippen LogP contribution < -0.4 is 14.8 Å². The minimum Gasteiger partial charge on any atom is -0.497 e. The van der Waals surface area contributed by atoms with E-state index in [-0.39, 0.29) is 12.5 Å². The summed E-state index contributed by atoms with van der Waals surface area (Å²) in [4.78, 5) is 32.2. The molecule has 4 aromatic rings. The van der Waals surface area contributed by atoms with Crippen molar-refractivity contribution in [3.8, 4) is 22.8 Å². The number of esters is 1. The number of carbonyl (C=O) groups is 2. The first-order chi connectivity index (χ1) is 19.8. The number of rotatable bonds is 9. The Hall–Kier alpha value is -3.85. The van der Waals surface area contributed by atoms with Crippen molar-refractivity contribution in [2.75, 3.05) is 26.6 Å². The number of thiazole rings is 1. The van der Waals surface area contributed by atoms with E-state index in [1.165, 1.54) is 50.6 Å². The van der Waals surface area contributed by atoms with Gasteiger partial charge in [0, 0.05) is 15.8 Å². The molecule has 1 fully saturated rings. The number of amides is 1. The van der Waals surface area contributed by atoms with Crippen LogP contribution in [0.15, 0.2) is 36.4 Å². The van der Waals surface area contributed by atoms with Crippen LogP contribution in [0.5, 0.6) is 11.5 Å². The summed E-state index contributed by atoms with van der Waals surface area (Å²) in [6, 6.07) is 11.6. The van der Waals surface area contributed by atoms with E-state index in [1.807, 2.05) is 50.2 Å². The third kappa shape index (κ3) is 6.10. The lowest BCUT2D eigenvalue weighted by molar-refractivity contribution is -0.141. The standard InChI is InChI=1S/C32H37N3O5S/c1-19-13-20(2)30-22(14-19)16-25(35(30)18-28(36)40-5)31(37)34-32-33-29(24-17-23(38-3)11-12-26(24)39-4)27(41-32)15-21-9-7-6-8-10-21/h11-14,16-17,21H,6-10,15,18H2,1-5H3,(H,33,34,37). The van der Waals surface area contributed by atoms with Crippen molar-refractivity contribution in [3.63, 3.8) is 0 Å². The zero-order valence-electron chi connectivity index (χ0n) is 24.3. The Morgan fingerprint density at radius 2 is 1.80 bits per heavy atom. The molecule has 0 saturated heterocycles. The van der Waals surface area contributed by atoms with Crippen LogP contribution in [0.4, 0.5) is 5.13 Å². The van der Waals surface area contributed by atoms with Crippen LogP contribution in [-0.2, 0) is 22.5 Å². The van der Waals surface area contributed by atoms with Gasteiger partial charge in [0.2, 0.25) is 0 Å². The zero-order valence-corrected chi connectivity index (χ0v) is 25.2. The summed E-state index contributed by atoms with van der Waals surface area (Å²) >= 11 is 1.50. The number of hydrogen-bond acceptors (Lipinski definition) is 7. The van der Waals surface area contributed by atoms with Gasteiger partial charge in [-0.1, -0.05) is 43.7 Å². The van der Waals surface area contributed by atoms with Crippen LogP contribution in [0.1, 0.15) is 58.6 Å². The maximum absolute atomic E-state index is 13.8. The van der Waals surface area contributed by atoms with Gasteiger partial charge in [-0.3, -0.25) is 14.9 Å². The second-order valence-corrected chi connectivity index (χ2v) is 11.8. The maximum Gasteiger partial charge on any atom is 0.325 e. The molecule has 0 spiro atoms. The van der Waals surface area contributed by atoms with Crippen molar-refractivity contribution >= 4 is 39.2 Å². The average molecular weight is 576 g/mol. The van der Waals surface area contributed by atoms with Crippen molar-refractivity contribution in [1.82, 2.24) is 9.55 Å². The molecule has 1 N–H and O–H groups in total. The van der Waals surface area contributed by atoms with Crippen molar-refractivity contribution in [3.05, 3.63) is 58.1 Å². The number of carbonyl (C=O) groups excluding carboxylic acids is 2. The normalized spacial score (nSPS) is 13.8. The van der Waals surface area contributed by atoms with E-state index in [9.17, 15) is 9.59 Å². The van der Waals surface area contributed by atoms with E-state index in [0.717, 1.165) is 44.6 Å². The highest BCUT2D eigenvalue weighted by molar-refractivity contribution is 7.16. The predicted octanol–water partition coefficient (Wildman–Crippen LogP) is 6.95. The quantitative estimate of drug-likeness (QED) is 0.217. The Bertz CT molecular complexity index is 1580. The lowest BCUT2D eigenvalue weighted by Crippen LogP contribution is -2.20. The number of hydrogen-bond donors (Lipinski definition) is 1. The van der Waals surface area contributed by atoms with Crippen molar-refractivity contribution in [2.24, 2.45) is 5.92 Å². The largest absolute Gasteiger partial charge is 0.497 e. The number of nitrogens with zero attached hydrogens (tertiary/aromatic N) is 2. The van der Waals surface area contributed by atoms with E-state index < -0.39 is 5.97 Å². The number of nitrogens with one attached hydrogen (secondary N) is 1. The minimum absolute atomic E-state index is 0.0658. The molecule has 0 unspecified atom stereocenters. The number of benzene rings is 2. The minimum atomic E-state index is -0.423. The molecule has 0 aliphatic heterocycles. The molecule has 2 aromatic carbocycles. The second-order valence-electron chi connectivity index (χ2n) is 10.7. The number of methoxy groups -OCH3 is 3. The third-order valence-corrected chi connectivity index (χ3v) is 8.85. The predicted molar refractivity (Wildman–Crippen MR) is 162 cm³/mol. The van der Waals surface area contributed by atoms with E-state index >= 15 is 0 Å². The van der Waals surface area contributed by atoms with Crippen LogP contribution in [0.3, 0.4) is 0 Å². The summed E-state index contributed by atoms with van der Waals surface area (Å²) < 4.78 is 17.9. The van der Waals surface area contributed by atoms with Crippen LogP contribution in [0.25, 0.3) is 22.2 Å². The Kier molecular flexibility index (Phi) is 8.63. The van der Waals surface area contributed by atoms with E-state index in [0.29, 0.717) is 28.2 Å². The zero-order chi connectivity index (χ0) is 29.1. The van der Waals surface area contributed by atoms with E-state index in [4.69, 9.17) is 19.2 Å². The Labute approximate surface area is 244 Å². The summed E-state index contributed by atoms with van der Waals surface area (Å²) in [5, 5.41) is 4.44. The van der Waals surface area contributed by atoms with Crippen molar-refractivity contribution in [2.45, 2.75) is 58.9 Å². The number of aromatic nitrogens is 2. The van der Waals surface area contributed by atoms with Gasteiger partial charge in [0.25, 0.3) is 5.91 Å². The molecule has 9 heteroatoms. The van der Waals surface area contributed by atoms with Gasteiger partial charge in [0.15, 0.2) is 5.13 Å². The first kappa shape index (κ1) is 28.7. The SMILES string of the molecule is COC(=O)Cn1c(C(=O)Nc2nc(-c3cc(OC)ccc3OC)c(CC3CCCCC3)s2)cc2cc(C)cc(C)c21. The van der Waals surface area contributed by atoms with E-state index in [2.05, 4.69) is 5.32 Å². The fourth-order valence-electron chi connectivity index (χ4n) is 5.93. The van der Waals surface area contributed by atoms with Crippen molar-refractivity contribution < 1.29 is 23.8 Å². The van der Waals surface area contributed by atoms with Crippen LogP contribution in [-0.4, -0.2) is 42.8 Å². The molecule has 1 saturated carbocycles. The second kappa shape index (κ2) is 12.3. The number of fused-ring (bicyclic) bond motifs is 1. The fourth-order valence-corrected chi connectivity index (χ4v) is 7.02. The van der Waals surface area contributed by atoms with E-state index in [1.54, 1.807) is 18.8 Å². The number of ether oxygens (including phenoxy) is 3. The highest BCUT2D eigenvalue weighted by Crippen LogP contribution is 2.41. The lowest BCUT2D eigenvalue weighted by atomic mass is 9.86. The fraction of sp³-hybridized carbons (Fsp3) is 0.406. The van der Waals surface area contributed by atoms with Crippen LogP contribution in [0, 0.1) is 19.8 Å². The molecule has 216 valence electrons. The summed E-state index contributed by atoms with van der Waals surface area (Å²) in [7, 11) is 4.63. The Morgan fingerprint density at radius 3 is 2.51 bits per heavy atom. The first-order valence-corrected chi connectivity index (χ1v) is 14.8. The van der Waals surface area contributed by atoms with Gasteiger partial charge < -0.3 is 18.8 Å². The molecule has 1 aliphatic carbocycles. The monoisotopic (exact) mass is 575 g/mol. The topological polar surface area (TPSA) is 91.7 Å². The molecular weight excluding hydrogens is 538 g/mol. The highest BCUT2D eigenvalue weighted by Gasteiger charge is 2.25. The average Bonchev–Trinajstić information content (AvgIpc) is 3.53. The molecule has 41 heavy (non-hydrogen) atoms. The lowest BCUT2D eigenvalue weighted by Gasteiger charge is -2.21. The molecule has 0 bridgehead atoms. The van der Waals surface area contributed by atoms with Gasteiger partial charge in [-0.15, -0.1) is 11.3 Å². The molecule has 1 aliphatic rings. The summed E-state index contributed by atoms with van der Waals surface area (Å²) in [6.45, 7) is 3.93. The summed E-state index contributed by atoms with van der Waals surface area (Å²) in [5.74, 6) is 1.23. The molecule has 0 atom stereocenters. The molecule has 1 amide bonds. The van der Waals surface area contributed by atoms with Gasteiger partial charge in [-0.2, -0.15) is 0 Å². The molecule has 2 aromatic heterocycles. The summed E-state index contributed by atoms with van der Waals surface area (Å²) in [6.07, 6.45) is 7.06. The van der Waals surface area contributed by atoms with Gasteiger partial charge in [-0.05, 0) is 62.1 Å². The van der Waals surface area contributed by atoms with Crippen LogP contribution in [0.2, 0.25) is 0 Å². The smallest absolute Gasteiger partial charge is 0.325 e. The highest BCUT2D eigenvalue weighted by atomic mass is 32.1. The van der Waals surface area contributed by atoms with Gasteiger partial charge in [0.1, 0.15) is 23.7 Å². The molecule has 2 heterocycles. The van der Waals surface area contributed by atoms with Gasteiger partial charge >= 0.3 is 5.97 Å². The maximum atomic E-state index is 13.8. The number of aryl methyl sites for hydroxylation is 2. The summed E-state index contributed by atoms with van der Waals surface area (Å²) in [5.41, 5.74) is 4.92. The number of anilines is 1. The third-order valence-electron chi connectivity index (χ3n) is 7.85. The van der Waals surface area contributed by atoms with Crippen LogP contribution >= 0.6 is 11.3 Å².